The molecule has 3 heterocycles. The van der Waals surface area contributed by atoms with Crippen molar-refractivity contribution in [1.82, 2.24) is 14.4 Å². The van der Waals surface area contributed by atoms with Gasteiger partial charge in [-0.3, -0.25) is 4.98 Å². The molecule has 0 aliphatic carbocycles. The minimum absolute atomic E-state index is 0.237. The topological polar surface area (TPSA) is 56.2 Å². The zero-order valence-corrected chi connectivity index (χ0v) is 11.7. The lowest BCUT2D eigenvalue weighted by Gasteiger charge is -2.13. The summed E-state index contributed by atoms with van der Waals surface area (Å²) in [5, 5.41) is 0. The number of imidazole rings is 1. The molecule has 20 heavy (non-hydrogen) atoms. The maximum absolute atomic E-state index is 5.89. The van der Waals surface area contributed by atoms with Gasteiger partial charge in [-0.2, -0.15) is 0 Å². The molecule has 1 atom stereocenters. The molecular weight excluding hydrogens is 248 g/mol. The maximum atomic E-state index is 5.89. The van der Waals surface area contributed by atoms with E-state index >= 15 is 0 Å². The molecule has 2 N–H and O–H groups in total. The number of rotatable bonds is 3. The first-order valence-corrected chi connectivity index (χ1v) is 6.80. The molecule has 3 rings (SSSR count). The standard InChI is InChI=1S/C16H18N4/c1-11(9-17)16-15(13-6-4-8-18-10-13)19-14-7-3-5-12(2)20(14)16/h3-8,10-11H,9,17H2,1-2H3. The van der Waals surface area contributed by atoms with Gasteiger partial charge in [0.15, 0.2) is 0 Å². The molecular formula is C16H18N4. The molecule has 0 aliphatic rings. The number of hydrogen-bond donors (Lipinski definition) is 1. The highest BCUT2D eigenvalue weighted by Crippen LogP contribution is 2.30. The third-order valence-electron chi connectivity index (χ3n) is 3.63. The second-order valence-corrected chi connectivity index (χ2v) is 5.08. The van der Waals surface area contributed by atoms with Crippen molar-refractivity contribution in [3.8, 4) is 11.3 Å². The van der Waals surface area contributed by atoms with Crippen LogP contribution in [0.3, 0.4) is 0 Å². The zero-order chi connectivity index (χ0) is 14.1. The monoisotopic (exact) mass is 266 g/mol. The molecule has 0 aliphatic heterocycles. The molecule has 0 amide bonds. The van der Waals surface area contributed by atoms with Crippen LogP contribution in [-0.2, 0) is 0 Å². The highest BCUT2D eigenvalue weighted by molar-refractivity contribution is 5.67. The van der Waals surface area contributed by atoms with E-state index in [0.29, 0.717) is 6.54 Å². The van der Waals surface area contributed by atoms with Crippen LogP contribution in [0.2, 0.25) is 0 Å². The van der Waals surface area contributed by atoms with Gasteiger partial charge in [0, 0.05) is 36.1 Å². The average Bonchev–Trinajstić information content (AvgIpc) is 2.88. The van der Waals surface area contributed by atoms with Gasteiger partial charge in [-0.05, 0) is 31.2 Å². The second-order valence-electron chi connectivity index (χ2n) is 5.08. The summed E-state index contributed by atoms with van der Waals surface area (Å²) in [5.41, 5.74) is 11.2. The average molecular weight is 266 g/mol. The van der Waals surface area contributed by atoms with Gasteiger partial charge < -0.3 is 10.1 Å². The normalized spacial score (nSPS) is 12.8. The second kappa shape index (κ2) is 5.06. The Labute approximate surface area is 118 Å². The highest BCUT2D eigenvalue weighted by atomic mass is 15.0. The zero-order valence-electron chi connectivity index (χ0n) is 11.7. The lowest BCUT2D eigenvalue weighted by atomic mass is 10.0. The third kappa shape index (κ3) is 1.98. The smallest absolute Gasteiger partial charge is 0.137 e. The van der Waals surface area contributed by atoms with Crippen molar-refractivity contribution in [2.24, 2.45) is 5.73 Å². The van der Waals surface area contributed by atoms with Gasteiger partial charge in [0.05, 0.1) is 11.4 Å². The number of nitrogens with two attached hydrogens (primary N) is 1. The molecule has 3 aromatic heterocycles. The fourth-order valence-electron chi connectivity index (χ4n) is 2.56. The van der Waals surface area contributed by atoms with Crippen LogP contribution in [-0.4, -0.2) is 20.9 Å². The van der Waals surface area contributed by atoms with Crippen molar-refractivity contribution in [2.75, 3.05) is 6.54 Å². The number of aryl methyl sites for hydroxylation is 1. The predicted molar refractivity (Wildman–Crippen MR) is 80.6 cm³/mol. The summed E-state index contributed by atoms with van der Waals surface area (Å²) in [4.78, 5) is 8.98. The summed E-state index contributed by atoms with van der Waals surface area (Å²) >= 11 is 0. The number of pyridine rings is 2. The molecule has 0 radical (unpaired) electrons. The van der Waals surface area contributed by atoms with Gasteiger partial charge in [0.1, 0.15) is 5.65 Å². The Morgan fingerprint density at radius 3 is 2.80 bits per heavy atom. The largest absolute Gasteiger partial charge is 0.330 e. The Hall–Kier alpha value is -2.20. The van der Waals surface area contributed by atoms with E-state index in [1.165, 1.54) is 5.69 Å². The number of hydrogen-bond acceptors (Lipinski definition) is 3. The van der Waals surface area contributed by atoms with E-state index in [9.17, 15) is 0 Å². The fourth-order valence-corrected chi connectivity index (χ4v) is 2.56. The number of fused-ring (bicyclic) bond motifs is 1. The van der Waals surface area contributed by atoms with E-state index in [2.05, 4.69) is 29.3 Å². The Morgan fingerprint density at radius 2 is 2.10 bits per heavy atom. The van der Waals surface area contributed by atoms with Crippen LogP contribution in [0.1, 0.15) is 24.2 Å². The summed E-state index contributed by atoms with van der Waals surface area (Å²) in [6.07, 6.45) is 3.63. The lowest BCUT2D eigenvalue weighted by molar-refractivity contribution is 0.733. The SMILES string of the molecule is Cc1cccc2nc(-c3cccnc3)c(C(C)CN)n12. The van der Waals surface area contributed by atoms with E-state index in [4.69, 9.17) is 10.7 Å². The molecule has 4 heteroatoms. The molecule has 0 bridgehead atoms. The van der Waals surface area contributed by atoms with Crippen LogP contribution in [0.25, 0.3) is 16.9 Å². The van der Waals surface area contributed by atoms with Gasteiger partial charge >= 0.3 is 0 Å². The summed E-state index contributed by atoms with van der Waals surface area (Å²) in [7, 11) is 0. The van der Waals surface area contributed by atoms with Crippen LogP contribution in [0.4, 0.5) is 0 Å². The van der Waals surface area contributed by atoms with E-state index in [0.717, 1.165) is 22.6 Å². The first-order valence-electron chi connectivity index (χ1n) is 6.80. The van der Waals surface area contributed by atoms with Crippen LogP contribution < -0.4 is 5.73 Å². The lowest BCUT2D eigenvalue weighted by Crippen LogP contribution is -2.12. The first-order chi connectivity index (χ1) is 9.72. The molecule has 3 aromatic rings. The van der Waals surface area contributed by atoms with Crippen LogP contribution in [0.15, 0.2) is 42.7 Å². The van der Waals surface area contributed by atoms with E-state index in [-0.39, 0.29) is 5.92 Å². The van der Waals surface area contributed by atoms with E-state index in [1.54, 1.807) is 6.20 Å². The molecule has 4 nitrogen and oxygen atoms in total. The molecule has 1 unspecified atom stereocenters. The summed E-state index contributed by atoms with van der Waals surface area (Å²) in [6, 6.07) is 10.1. The van der Waals surface area contributed by atoms with E-state index in [1.807, 2.05) is 30.5 Å². The minimum atomic E-state index is 0.237. The van der Waals surface area contributed by atoms with Crippen LogP contribution in [0, 0.1) is 6.92 Å². The van der Waals surface area contributed by atoms with Gasteiger partial charge in [-0.15, -0.1) is 0 Å². The van der Waals surface area contributed by atoms with Gasteiger partial charge in [-0.1, -0.05) is 13.0 Å². The van der Waals surface area contributed by atoms with Gasteiger partial charge in [-0.25, -0.2) is 4.98 Å². The minimum Gasteiger partial charge on any atom is -0.330 e. The van der Waals surface area contributed by atoms with Crippen LogP contribution in [0.5, 0.6) is 0 Å². The number of aromatic nitrogens is 3. The molecule has 0 aromatic carbocycles. The first kappa shape index (κ1) is 12.8. The van der Waals surface area contributed by atoms with Crippen LogP contribution >= 0.6 is 0 Å². The van der Waals surface area contributed by atoms with Gasteiger partial charge in [0.2, 0.25) is 0 Å². The Bertz CT molecular complexity index is 731. The Kier molecular flexibility index (Phi) is 3.24. The van der Waals surface area contributed by atoms with Crippen molar-refractivity contribution in [3.63, 3.8) is 0 Å². The number of nitrogens with zero attached hydrogens (tertiary/aromatic N) is 3. The summed E-state index contributed by atoms with van der Waals surface area (Å²) in [5.74, 6) is 0.237. The molecule has 102 valence electrons. The Morgan fingerprint density at radius 1 is 1.25 bits per heavy atom. The molecule has 0 saturated carbocycles. The quantitative estimate of drug-likeness (QED) is 0.793. The summed E-state index contributed by atoms with van der Waals surface area (Å²) in [6.45, 7) is 4.82. The molecule has 0 spiro atoms. The molecule has 0 saturated heterocycles. The highest BCUT2D eigenvalue weighted by Gasteiger charge is 2.19. The third-order valence-corrected chi connectivity index (χ3v) is 3.63. The Balaban J connectivity index is 2.34. The van der Waals surface area contributed by atoms with Crippen molar-refractivity contribution in [3.05, 3.63) is 54.1 Å². The predicted octanol–water partition coefficient (Wildman–Crippen LogP) is 2.77. The van der Waals surface area contributed by atoms with Gasteiger partial charge in [0.25, 0.3) is 0 Å². The summed E-state index contributed by atoms with van der Waals surface area (Å²) < 4.78 is 2.19. The molecule has 0 fully saturated rings. The van der Waals surface area contributed by atoms with Crippen molar-refractivity contribution in [1.29, 1.82) is 0 Å². The van der Waals surface area contributed by atoms with E-state index < -0.39 is 0 Å². The fraction of sp³-hybridized carbons (Fsp3) is 0.250. The van der Waals surface area contributed by atoms with Crippen molar-refractivity contribution in [2.45, 2.75) is 19.8 Å². The van der Waals surface area contributed by atoms with Crippen molar-refractivity contribution < 1.29 is 0 Å². The van der Waals surface area contributed by atoms with Crippen molar-refractivity contribution >= 4 is 5.65 Å². The maximum Gasteiger partial charge on any atom is 0.137 e.